The maximum Gasteiger partial charge on any atom is 0.257 e. The second-order valence-corrected chi connectivity index (χ2v) is 7.37. The lowest BCUT2D eigenvalue weighted by Gasteiger charge is -2.14. The van der Waals surface area contributed by atoms with Gasteiger partial charge in [-0.25, -0.2) is 0 Å². The number of hydrogen-bond donors (Lipinski definition) is 4. The quantitative estimate of drug-likeness (QED) is 0.377. The van der Waals surface area contributed by atoms with Crippen LogP contribution in [0.1, 0.15) is 16.7 Å². The Balaban J connectivity index is 1.44. The van der Waals surface area contributed by atoms with Crippen LogP contribution in [0.15, 0.2) is 60.7 Å². The molecule has 0 bridgehead atoms. The summed E-state index contributed by atoms with van der Waals surface area (Å²) in [6, 6.07) is 19.6. The van der Waals surface area contributed by atoms with Crippen molar-refractivity contribution < 1.29 is 9.59 Å². The Morgan fingerprint density at radius 1 is 0.867 bits per heavy atom. The molecule has 6 nitrogen and oxygen atoms in total. The second-order valence-electron chi connectivity index (χ2n) is 6.97. The number of carbonyl (C=O) groups is 2. The first-order valence-corrected chi connectivity index (χ1v) is 10.0. The molecule has 0 aliphatic rings. The zero-order chi connectivity index (χ0) is 21.5. The van der Waals surface area contributed by atoms with Gasteiger partial charge in [0.05, 0.1) is 13.0 Å². The highest BCUT2D eigenvalue weighted by atomic mass is 32.1. The number of aryl methyl sites for hydroxylation is 1. The summed E-state index contributed by atoms with van der Waals surface area (Å²) in [5.74, 6) is -0.621. The standard InChI is InChI=1S/C23H24N4O2S/c1-15-7-5-12-20(16(15)2)25-23(30)27-26-22(29)14-24-21(28)13-18-10-6-9-17-8-3-4-11-19(17)18/h3-12H,13-14H2,1-2H3,(H,24,28)(H,26,29)(H2,25,27,30). The van der Waals surface area contributed by atoms with Crippen LogP contribution in [-0.2, 0) is 16.0 Å². The molecule has 0 fully saturated rings. The van der Waals surface area contributed by atoms with Gasteiger partial charge in [-0.15, -0.1) is 0 Å². The van der Waals surface area contributed by atoms with E-state index in [0.717, 1.165) is 33.2 Å². The first kappa shape index (κ1) is 21.3. The molecule has 3 aromatic carbocycles. The Kier molecular flexibility index (Phi) is 6.98. The van der Waals surface area contributed by atoms with Crippen LogP contribution >= 0.6 is 12.2 Å². The molecule has 0 aliphatic heterocycles. The topological polar surface area (TPSA) is 82.3 Å². The highest BCUT2D eigenvalue weighted by molar-refractivity contribution is 7.80. The number of benzene rings is 3. The van der Waals surface area contributed by atoms with E-state index in [1.54, 1.807) is 0 Å². The van der Waals surface area contributed by atoms with E-state index >= 15 is 0 Å². The minimum absolute atomic E-state index is 0.150. The van der Waals surface area contributed by atoms with Gasteiger partial charge in [-0.2, -0.15) is 0 Å². The Bertz CT molecular complexity index is 1090. The highest BCUT2D eigenvalue weighted by Crippen LogP contribution is 2.19. The Labute approximate surface area is 181 Å². The van der Waals surface area contributed by atoms with Gasteiger partial charge in [0.2, 0.25) is 5.91 Å². The average Bonchev–Trinajstić information content (AvgIpc) is 2.74. The SMILES string of the molecule is Cc1cccc(NC(=S)NNC(=O)CNC(=O)Cc2cccc3ccccc23)c1C. The van der Waals surface area contributed by atoms with Crippen molar-refractivity contribution in [2.24, 2.45) is 0 Å². The maximum absolute atomic E-state index is 12.3. The number of thiocarbonyl (C=S) groups is 1. The van der Waals surface area contributed by atoms with Crippen molar-refractivity contribution in [3.8, 4) is 0 Å². The van der Waals surface area contributed by atoms with Crippen molar-refractivity contribution in [2.45, 2.75) is 20.3 Å². The number of carbonyl (C=O) groups excluding carboxylic acids is 2. The molecule has 0 unspecified atom stereocenters. The molecule has 0 aromatic heterocycles. The Morgan fingerprint density at radius 2 is 1.60 bits per heavy atom. The monoisotopic (exact) mass is 420 g/mol. The predicted octanol–water partition coefficient (Wildman–Crippen LogP) is 3.13. The van der Waals surface area contributed by atoms with Crippen LogP contribution in [0.2, 0.25) is 0 Å². The van der Waals surface area contributed by atoms with Gasteiger partial charge in [0.25, 0.3) is 5.91 Å². The van der Waals surface area contributed by atoms with Crippen molar-refractivity contribution in [1.82, 2.24) is 16.2 Å². The predicted molar refractivity (Wildman–Crippen MR) is 124 cm³/mol. The Hall–Kier alpha value is -3.45. The summed E-state index contributed by atoms with van der Waals surface area (Å²) in [6.45, 7) is 3.85. The summed E-state index contributed by atoms with van der Waals surface area (Å²) < 4.78 is 0. The van der Waals surface area contributed by atoms with Crippen LogP contribution in [0.3, 0.4) is 0 Å². The number of hydrogen-bond acceptors (Lipinski definition) is 3. The molecule has 0 spiro atoms. The van der Waals surface area contributed by atoms with E-state index in [0.29, 0.717) is 0 Å². The zero-order valence-corrected chi connectivity index (χ0v) is 17.7. The Morgan fingerprint density at radius 3 is 2.43 bits per heavy atom. The molecule has 30 heavy (non-hydrogen) atoms. The third kappa shape index (κ3) is 5.55. The van der Waals surface area contributed by atoms with Gasteiger partial charge in [0, 0.05) is 5.69 Å². The van der Waals surface area contributed by atoms with Crippen molar-refractivity contribution in [3.63, 3.8) is 0 Å². The van der Waals surface area contributed by atoms with Crippen molar-refractivity contribution in [3.05, 3.63) is 77.4 Å². The molecule has 2 amide bonds. The van der Waals surface area contributed by atoms with E-state index in [4.69, 9.17) is 12.2 Å². The van der Waals surface area contributed by atoms with Crippen LogP contribution in [0.5, 0.6) is 0 Å². The van der Waals surface area contributed by atoms with E-state index in [1.807, 2.05) is 74.5 Å². The first-order chi connectivity index (χ1) is 14.4. The molecule has 154 valence electrons. The lowest BCUT2D eigenvalue weighted by molar-refractivity contribution is -0.126. The number of fused-ring (bicyclic) bond motifs is 1. The van der Waals surface area contributed by atoms with Gasteiger partial charge >= 0.3 is 0 Å². The fourth-order valence-corrected chi connectivity index (χ4v) is 3.23. The fourth-order valence-electron chi connectivity index (χ4n) is 3.07. The molecule has 0 aliphatic carbocycles. The lowest BCUT2D eigenvalue weighted by atomic mass is 10.0. The summed E-state index contributed by atoms with van der Waals surface area (Å²) in [4.78, 5) is 24.3. The molecule has 3 rings (SSSR count). The van der Waals surface area contributed by atoms with Gasteiger partial charge in [0.1, 0.15) is 0 Å². The van der Waals surface area contributed by atoms with Crippen LogP contribution < -0.4 is 21.5 Å². The van der Waals surface area contributed by atoms with Crippen LogP contribution in [0, 0.1) is 13.8 Å². The average molecular weight is 421 g/mol. The number of anilines is 1. The fraction of sp³-hybridized carbons (Fsp3) is 0.174. The van der Waals surface area contributed by atoms with E-state index in [2.05, 4.69) is 21.5 Å². The van der Waals surface area contributed by atoms with Gasteiger partial charge in [-0.1, -0.05) is 54.6 Å². The van der Waals surface area contributed by atoms with E-state index in [1.165, 1.54) is 0 Å². The highest BCUT2D eigenvalue weighted by Gasteiger charge is 2.09. The molecule has 4 N–H and O–H groups in total. The molecule has 0 heterocycles. The second kappa shape index (κ2) is 9.84. The normalized spacial score (nSPS) is 10.3. The molecule has 0 radical (unpaired) electrons. The van der Waals surface area contributed by atoms with Crippen LogP contribution in [-0.4, -0.2) is 23.5 Å². The van der Waals surface area contributed by atoms with E-state index in [9.17, 15) is 9.59 Å². The third-order valence-corrected chi connectivity index (χ3v) is 5.05. The molecular weight excluding hydrogens is 396 g/mol. The minimum atomic E-state index is -0.397. The molecule has 0 saturated carbocycles. The minimum Gasteiger partial charge on any atom is -0.347 e. The summed E-state index contributed by atoms with van der Waals surface area (Å²) in [7, 11) is 0. The molecule has 7 heteroatoms. The number of nitrogens with one attached hydrogen (secondary N) is 4. The third-order valence-electron chi connectivity index (χ3n) is 4.85. The van der Waals surface area contributed by atoms with Gasteiger partial charge in [-0.3, -0.25) is 20.4 Å². The summed E-state index contributed by atoms with van der Waals surface area (Å²) in [5, 5.41) is 8.04. The van der Waals surface area contributed by atoms with Crippen molar-refractivity contribution >= 4 is 45.6 Å². The van der Waals surface area contributed by atoms with Gasteiger partial charge in [-0.05, 0) is 59.6 Å². The number of rotatable bonds is 5. The van der Waals surface area contributed by atoms with E-state index in [-0.39, 0.29) is 24.0 Å². The van der Waals surface area contributed by atoms with E-state index < -0.39 is 5.91 Å². The van der Waals surface area contributed by atoms with Crippen molar-refractivity contribution in [2.75, 3.05) is 11.9 Å². The smallest absolute Gasteiger partial charge is 0.257 e. The lowest BCUT2D eigenvalue weighted by Crippen LogP contribution is -2.47. The summed E-state index contributed by atoms with van der Waals surface area (Å²) in [5.41, 5.74) is 9.13. The molecule has 0 atom stereocenters. The van der Waals surface area contributed by atoms with Gasteiger partial charge < -0.3 is 10.6 Å². The van der Waals surface area contributed by atoms with Crippen LogP contribution in [0.4, 0.5) is 5.69 Å². The number of hydrazine groups is 1. The molecule has 0 saturated heterocycles. The molecule has 3 aromatic rings. The summed E-state index contributed by atoms with van der Waals surface area (Å²) >= 11 is 5.20. The number of amides is 2. The maximum atomic E-state index is 12.3. The van der Waals surface area contributed by atoms with Crippen LogP contribution in [0.25, 0.3) is 10.8 Å². The zero-order valence-electron chi connectivity index (χ0n) is 16.9. The van der Waals surface area contributed by atoms with Gasteiger partial charge in [0.15, 0.2) is 5.11 Å². The molecular formula is C23H24N4O2S. The first-order valence-electron chi connectivity index (χ1n) is 9.59. The summed E-state index contributed by atoms with van der Waals surface area (Å²) in [6.07, 6.45) is 0.203. The largest absolute Gasteiger partial charge is 0.347 e. The van der Waals surface area contributed by atoms with Crippen molar-refractivity contribution in [1.29, 1.82) is 0 Å².